The molecule has 0 bridgehead atoms. The molecule has 0 saturated carbocycles. The maximum absolute atomic E-state index is 13.0. The standard InChI is InChI=1S/C18H20N4O4S3/c1-11-6-12(2)9-22(8-11)29(24,25)13-7-15(28-10-13)16(23)19-18-21-20-17(26-18)14-4-3-5-27-14/h3-5,7,10-12H,6,8-9H2,1-2H3,(H,19,21,23)/t11-,12+. The molecule has 4 rings (SSSR count). The van der Waals surface area contributed by atoms with Gasteiger partial charge < -0.3 is 4.42 Å². The van der Waals surface area contributed by atoms with Crippen molar-refractivity contribution in [1.29, 1.82) is 0 Å². The number of hydrogen-bond donors (Lipinski definition) is 1. The minimum atomic E-state index is -3.63. The largest absolute Gasteiger partial charge is 0.402 e. The fourth-order valence-corrected chi connectivity index (χ4v) is 6.94. The van der Waals surface area contributed by atoms with Crippen molar-refractivity contribution < 1.29 is 17.6 Å². The molecule has 11 heteroatoms. The van der Waals surface area contributed by atoms with E-state index in [0.717, 1.165) is 22.6 Å². The lowest BCUT2D eigenvalue weighted by atomic mass is 9.94. The number of carbonyl (C=O) groups excluding carboxylic acids is 1. The van der Waals surface area contributed by atoms with E-state index in [2.05, 4.69) is 29.4 Å². The van der Waals surface area contributed by atoms with Crippen LogP contribution in [-0.4, -0.2) is 41.9 Å². The van der Waals surface area contributed by atoms with E-state index in [0.29, 0.717) is 30.8 Å². The number of nitrogens with zero attached hydrogens (tertiary/aromatic N) is 3. The summed E-state index contributed by atoms with van der Waals surface area (Å²) in [6, 6.07) is 5.06. The summed E-state index contributed by atoms with van der Waals surface area (Å²) in [4.78, 5) is 13.7. The van der Waals surface area contributed by atoms with Gasteiger partial charge in [0.15, 0.2) is 0 Å². The zero-order valence-electron chi connectivity index (χ0n) is 15.9. The quantitative estimate of drug-likeness (QED) is 0.632. The lowest BCUT2D eigenvalue weighted by molar-refractivity contribution is 0.102. The Kier molecular flexibility index (Phi) is 5.56. The van der Waals surface area contributed by atoms with Gasteiger partial charge in [-0.05, 0) is 35.8 Å². The van der Waals surface area contributed by atoms with Gasteiger partial charge in [0.25, 0.3) is 11.8 Å². The number of hydrogen-bond acceptors (Lipinski definition) is 8. The summed E-state index contributed by atoms with van der Waals surface area (Å²) in [5, 5.41) is 13.6. The smallest absolute Gasteiger partial charge is 0.322 e. The molecule has 3 aromatic heterocycles. The van der Waals surface area contributed by atoms with Gasteiger partial charge >= 0.3 is 6.01 Å². The maximum Gasteiger partial charge on any atom is 0.322 e. The highest BCUT2D eigenvalue weighted by Crippen LogP contribution is 2.29. The highest BCUT2D eigenvalue weighted by molar-refractivity contribution is 7.89. The molecular formula is C18H20N4O4S3. The van der Waals surface area contributed by atoms with Gasteiger partial charge in [0, 0.05) is 18.5 Å². The average Bonchev–Trinajstić information content (AvgIpc) is 3.41. The van der Waals surface area contributed by atoms with Crippen molar-refractivity contribution in [2.24, 2.45) is 11.8 Å². The van der Waals surface area contributed by atoms with Crippen LogP contribution in [0.4, 0.5) is 6.01 Å². The molecule has 0 radical (unpaired) electrons. The van der Waals surface area contributed by atoms with Gasteiger partial charge in [-0.25, -0.2) is 8.42 Å². The van der Waals surface area contributed by atoms with Crippen LogP contribution in [0.3, 0.4) is 0 Å². The highest BCUT2D eigenvalue weighted by atomic mass is 32.2. The molecule has 1 saturated heterocycles. The fourth-order valence-electron chi connectivity index (χ4n) is 3.46. The first-order chi connectivity index (χ1) is 13.8. The Balaban J connectivity index is 1.48. The van der Waals surface area contributed by atoms with Crippen LogP contribution in [0.2, 0.25) is 0 Å². The summed E-state index contributed by atoms with van der Waals surface area (Å²) >= 11 is 2.51. The summed E-state index contributed by atoms with van der Waals surface area (Å²) < 4.78 is 32.9. The lowest BCUT2D eigenvalue weighted by Crippen LogP contribution is -2.42. The van der Waals surface area contributed by atoms with Gasteiger partial charge in [0.2, 0.25) is 10.0 Å². The topological polar surface area (TPSA) is 105 Å². The van der Waals surface area contributed by atoms with Gasteiger partial charge in [-0.15, -0.1) is 27.8 Å². The molecule has 1 N–H and O–H groups in total. The molecule has 154 valence electrons. The van der Waals surface area contributed by atoms with Crippen LogP contribution in [0.1, 0.15) is 29.9 Å². The Morgan fingerprint density at radius 3 is 2.69 bits per heavy atom. The van der Waals surface area contributed by atoms with Crippen LogP contribution >= 0.6 is 22.7 Å². The molecule has 4 heterocycles. The van der Waals surface area contributed by atoms with Gasteiger partial charge in [-0.1, -0.05) is 25.0 Å². The van der Waals surface area contributed by atoms with Gasteiger partial charge in [-0.2, -0.15) is 4.31 Å². The third kappa shape index (κ3) is 4.27. The SMILES string of the molecule is C[C@@H]1C[C@H](C)CN(S(=O)(=O)c2csc(C(=O)Nc3nnc(-c4cccs4)o3)c2)C1. The summed E-state index contributed by atoms with van der Waals surface area (Å²) in [6.07, 6.45) is 1.01. The predicted molar refractivity (Wildman–Crippen MR) is 112 cm³/mol. The van der Waals surface area contributed by atoms with Gasteiger partial charge in [0.1, 0.15) is 0 Å². The Hall–Kier alpha value is -2.08. The number of nitrogens with one attached hydrogen (secondary N) is 1. The molecular weight excluding hydrogens is 432 g/mol. The molecule has 8 nitrogen and oxygen atoms in total. The van der Waals surface area contributed by atoms with Crippen molar-refractivity contribution in [3.63, 3.8) is 0 Å². The molecule has 1 fully saturated rings. The molecule has 1 amide bonds. The lowest BCUT2D eigenvalue weighted by Gasteiger charge is -2.33. The average molecular weight is 453 g/mol. The third-order valence-corrected chi connectivity index (χ3v) is 8.40. The first-order valence-electron chi connectivity index (χ1n) is 9.10. The summed E-state index contributed by atoms with van der Waals surface area (Å²) in [7, 11) is -3.63. The third-order valence-electron chi connectivity index (χ3n) is 4.65. The van der Waals surface area contributed by atoms with Crippen molar-refractivity contribution in [3.8, 4) is 10.8 Å². The Bertz CT molecular complexity index is 1090. The van der Waals surface area contributed by atoms with Crippen molar-refractivity contribution in [2.75, 3.05) is 18.4 Å². The number of carbonyl (C=O) groups is 1. The molecule has 0 aromatic carbocycles. The summed E-state index contributed by atoms with van der Waals surface area (Å²) in [5.74, 6) is 0.450. The van der Waals surface area contributed by atoms with E-state index in [1.807, 2.05) is 17.5 Å². The first kappa shape index (κ1) is 20.2. The monoisotopic (exact) mass is 452 g/mol. The Morgan fingerprint density at radius 1 is 1.24 bits per heavy atom. The second kappa shape index (κ2) is 7.98. The summed E-state index contributed by atoms with van der Waals surface area (Å²) in [5.41, 5.74) is 0. The van der Waals surface area contributed by atoms with E-state index < -0.39 is 15.9 Å². The normalized spacial score (nSPS) is 20.6. The molecule has 29 heavy (non-hydrogen) atoms. The molecule has 0 aliphatic carbocycles. The van der Waals surface area contributed by atoms with E-state index in [-0.39, 0.29) is 15.8 Å². The maximum atomic E-state index is 13.0. The Morgan fingerprint density at radius 2 is 2.00 bits per heavy atom. The van der Waals surface area contributed by atoms with E-state index >= 15 is 0 Å². The molecule has 0 spiro atoms. The molecule has 0 unspecified atom stereocenters. The number of thiophene rings is 2. The molecule has 2 atom stereocenters. The van der Waals surface area contributed by atoms with Crippen LogP contribution in [-0.2, 0) is 10.0 Å². The zero-order valence-corrected chi connectivity index (χ0v) is 18.3. The fraction of sp³-hybridized carbons (Fsp3) is 0.389. The molecule has 1 aliphatic heterocycles. The van der Waals surface area contributed by atoms with Crippen LogP contribution in [0, 0.1) is 11.8 Å². The number of anilines is 1. The minimum absolute atomic E-state index is 0.0325. The number of amides is 1. The second-order valence-electron chi connectivity index (χ2n) is 7.26. The number of rotatable bonds is 5. The number of piperidine rings is 1. The van der Waals surface area contributed by atoms with Crippen molar-refractivity contribution in [1.82, 2.24) is 14.5 Å². The zero-order chi connectivity index (χ0) is 20.6. The van der Waals surface area contributed by atoms with Crippen LogP contribution in [0.15, 0.2) is 38.3 Å². The van der Waals surface area contributed by atoms with Crippen molar-refractivity contribution in [2.45, 2.75) is 25.2 Å². The van der Waals surface area contributed by atoms with E-state index in [4.69, 9.17) is 4.42 Å². The van der Waals surface area contributed by atoms with Crippen LogP contribution in [0.5, 0.6) is 0 Å². The van der Waals surface area contributed by atoms with Gasteiger partial charge in [0.05, 0.1) is 14.6 Å². The van der Waals surface area contributed by atoms with E-state index in [1.165, 1.54) is 27.1 Å². The Labute approximate surface area is 176 Å². The van der Waals surface area contributed by atoms with Crippen molar-refractivity contribution >= 4 is 44.6 Å². The summed E-state index contributed by atoms with van der Waals surface area (Å²) in [6.45, 7) is 5.11. The first-order valence-corrected chi connectivity index (χ1v) is 12.3. The number of aromatic nitrogens is 2. The van der Waals surface area contributed by atoms with E-state index in [9.17, 15) is 13.2 Å². The van der Waals surface area contributed by atoms with Gasteiger partial charge in [-0.3, -0.25) is 10.1 Å². The van der Waals surface area contributed by atoms with Crippen LogP contribution in [0.25, 0.3) is 10.8 Å². The molecule has 1 aliphatic rings. The van der Waals surface area contributed by atoms with Crippen LogP contribution < -0.4 is 5.32 Å². The molecule has 3 aromatic rings. The van der Waals surface area contributed by atoms with Crippen molar-refractivity contribution in [3.05, 3.63) is 33.8 Å². The highest BCUT2D eigenvalue weighted by Gasteiger charge is 2.32. The predicted octanol–water partition coefficient (Wildman–Crippen LogP) is 3.78. The number of sulfonamides is 1. The second-order valence-corrected chi connectivity index (χ2v) is 11.1. The van der Waals surface area contributed by atoms with E-state index in [1.54, 1.807) is 0 Å². The minimum Gasteiger partial charge on any atom is -0.402 e.